The lowest BCUT2D eigenvalue weighted by Crippen LogP contribution is -2.11. The van der Waals surface area contributed by atoms with Gasteiger partial charge in [-0.1, -0.05) is 20.8 Å². The number of esters is 2. The molecule has 1 aliphatic heterocycles. The summed E-state index contributed by atoms with van der Waals surface area (Å²) >= 11 is 0. The van der Waals surface area contributed by atoms with Crippen molar-refractivity contribution >= 4 is 17.6 Å². The van der Waals surface area contributed by atoms with Gasteiger partial charge in [0.2, 0.25) is 0 Å². The number of rotatable bonds is 3. The lowest BCUT2D eigenvalue weighted by molar-refractivity contribution is 0.0444. The van der Waals surface area contributed by atoms with Gasteiger partial charge in [0.05, 0.1) is 16.8 Å². The number of anilines is 1. The van der Waals surface area contributed by atoms with Crippen molar-refractivity contribution in [2.24, 2.45) is 0 Å². The Balaban J connectivity index is 2.89. The van der Waals surface area contributed by atoms with Crippen LogP contribution in [0.4, 0.5) is 5.69 Å². The first kappa shape index (κ1) is 12.6. The quantitative estimate of drug-likeness (QED) is 0.505. The van der Waals surface area contributed by atoms with E-state index in [1.807, 2.05) is 20.8 Å². The molecule has 0 fully saturated rings. The lowest BCUT2D eigenvalue weighted by Gasteiger charge is -2.17. The first-order valence-electron chi connectivity index (χ1n) is 6.29. The minimum Gasteiger partial charge on any atom is -0.398 e. The molecule has 0 aromatic heterocycles. The summed E-state index contributed by atoms with van der Waals surface area (Å²) in [6.07, 6.45) is 2.24. The van der Waals surface area contributed by atoms with Gasteiger partial charge in [-0.2, -0.15) is 0 Å². The number of carbonyl (C=O) groups excluding carboxylic acids is 2. The van der Waals surface area contributed by atoms with Crippen LogP contribution in [-0.4, -0.2) is 11.9 Å². The number of nitrogens with two attached hydrogens (primary N) is 1. The van der Waals surface area contributed by atoms with E-state index < -0.39 is 11.9 Å². The molecule has 4 heteroatoms. The Labute approximate surface area is 106 Å². The van der Waals surface area contributed by atoms with E-state index in [4.69, 9.17) is 10.5 Å². The van der Waals surface area contributed by atoms with E-state index in [1.54, 1.807) is 0 Å². The SMILES string of the molecule is CCc1c(N)c2c(c(CC)c1CC)C(=O)OC2=O. The predicted molar refractivity (Wildman–Crippen MR) is 68.7 cm³/mol. The summed E-state index contributed by atoms with van der Waals surface area (Å²) in [6.45, 7) is 6.00. The fourth-order valence-electron chi connectivity index (χ4n) is 2.78. The molecule has 4 nitrogen and oxygen atoms in total. The highest BCUT2D eigenvalue weighted by atomic mass is 16.6. The Kier molecular flexibility index (Phi) is 3.11. The summed E-state index contributed by atoms with van der Waals surface area (Å²) in [5.41, 5.74) is 10.1. The molecule has 2 N–H and O–H groups in total. The molecular weight excluding hydrogens is 230 g/mol. The number of cyclic esters (lactones) is 2. The Hall–Kier alpha value is -1.84. The van der Waals surface area contributed by atoms with E-state index in [1.165, 1.54) is 0 Å². The second kappa shape index (κ2) is 4.44. The third-order valence-corrected chi connectivity index (χ3v) is 3.53. The van der Waals surface area contributed by atoms with Gasteiger partial charge in [0.1, 0.15) is 0 Å². The molecule has 18 heavy (non-hydrogen) atoms. The van der Waals surface area contributed by atoms with Crippen molar-refractivity contribution < 1.29 is 14.3 Å². The molecule has 1 aromatic carbocycles. The van der Waals surface area contributed by atoms with Gasteiger partial charge in [-0.3, -0.25) is 0 Å². The highest BCUT2D eigenvalue weighted by Crippen LogP contribution is 2.36. The first-order valence-corrected chi connectivity index (χ1v) is 6.29. The van der Waals surface area contributed by atoms with Gasteiger partial charge in [-0.25, -0.2) is 9.59 Å². The van der Waals surface area contributed by atoms with Gasteiger partial charge in [0.25, 0.3) is 0 Å². The molecule has 0 bridgehead atoms. The van der Waals surface area contributed by atoms with Crippen molar-refractivity contribution in [3.05, 3.63) is 27.8 Å². The molecule has 0 saturated carbocycles. The molecule has 0 spiro atoms. The Bertz CT molecular complexity index is 547. The number of hydrogen-bond donors (Lipinski definition) is 1. The Morgan fingerprint density at radius 3 is 1.83 bits per heavy atom. The summed E-state index contributed by atoms with van der Waals surface area (Å²) < 4.78 is 4.70. The van der Waals surface area contributed by atoms with Crippen molar-refractivity contribution in [1.82, 2.24) is 0 Å². The maximum absolute atomic E-state index is 11.8. The number of carbonyl (C=O) groups is 2. The average molecular weight is 247 g/mol. The summed E-state index contributed by atoms with van der Waals surface area (Å²) in [4.78, 5) is 23.5. The maximum atomic E-state index is 11.8. The fraction of sp³-hybridized carbons (Fsp3) is 0.429. The van der Waals surface area contributed by atoms with Crippen LogP contribution in [0, 0.1) is 0 Å². The van der Waals surface area contributed by atoms with E-state index >= 15 is 0 Å². The molecule has 0 amide bonds. The molecule has 96 valence electrons. The third-order valence-electron chi connectivity index (χ3n) is 3.53. The Morgan fingerprint density at radius 1 is 0.833 bits per heavy atom. The molecule has 1 heterocycles. The zero-order valence-electron chi connectivity index (χ0n) is 10.9. The van der Waals surface area contributed by atoms with Crippen LogP contribution in [0.1, 0.15) is 58.2 Å². The molecule has 2 rings (SSSR count). The van der Waals surface area contributed by atoms with E-state index in [-0.39, 0.29) is 5.56 Å². The smallest absolute Gasteiger partial charge is 0.349 e. The number of fused-ring (bicyclic) bond motifs is 1. The van der Waals surface area contributed by atoms with Crippen LogP contribution < -0.4 is 5.73 Å². The van der Waals surface area contributed by atoms with Crippen LogP contribution in [0.3, 0.4) is 0 Å². The number of nitrogen functional groups attached to an aromatic ring is 1. The summed E-state index contributed by atoms with van der Waals surface area (Å²) in [7, 11) is 0. The fourth-order valence-corrected chi connectivity index (χ4v) is 2.78. The second-order valence-electron chi connectivity index (χ2n) is 4.34. The minimum absolute atomic E-state index is 0.269. The molecule has 0 radical (unpaired) electrons. The van der Waals surface area contributed by atoms with Gasteiger partial charge in [0.15, 0.2) is 0 Å². The summed E-state index contributed by atoms with van der Waals surface area (Å²) in [5.74, 6) is -1.17. The van der Waals surface area contributed by atoms with Crippen LogP contribution in [0.15, 0.2) is 0 Å². The van der Waals surface area contributed by atoms with E-state index in [0.29, 0.717) is 17.7 Å². The van der Waals surface area contributed by atoms with Crippen LogP contribution in [0.25, 0.3) is 0 Å². The largest absolute Gasteiger partial charge is 0.398 e. The highest BCUT2D eigenvalue weighted by molar-refractivity contribution is 6.18. The zero-order chi connectivity index (χ0) is 13.4. The maximum Gasteiger partial charge on any atom is 0.349 e. The molecule has 1 aliphatic rings. The molecule has 0 saturated heterocycles. The molecule has 0 unspecified atom stereocenters. The summed E-state index contributed by atoms with van der Waals surface area (Å²) in [5, 5.41) is 0. The van der Waals surface area contributed by atoms with Crippen molar-refractivity contribution in [2.75, 3.05) is 5.73 Å². The standard InChI is InChI=1S/C14H17NO3/c1-4-7-8(5-2)10-11(12(15)9(7)6-3)14(17)18-13(10)16/h4-6,15H2,1-3H3. The van der Waals surface area contributed by atoms with Gasteiger partial charge >= 0.3 is 11.9 Å². The van der Waals surface area contributed by atoms with Gasteiger partial charge in [-0.15, -0.1) is 0 Å². The third kappa shape index (κ3) is 1.52. The monoisotopic (exact) mass is 247 g/mol. The van der Waals surface area contributed by atoms with Crippen molar-refractivity contribution in [2.45, 2.75) is 40.0 Å². The molecular formula is C14H17NO3. The van der Waals surface area contributed by atoms with Crippen LogP contribution in [0.2, 0.25) is 0 Å². The van der Waals surface area contributed by atoms with E-state index in [0.717, 1.165) is 29.5 Å². The number of benzene rings is 1. The normalized spacial score (nSPS) is 13.7. The molecule has 0 aliphatic carbocycles. The minimum atomic E-state index is -0.612. The van der Waals surface area contributed by atoms with Crippen LogP contribution in [0.5, 0.6) is 0 Å². The van der Waals surface area contributed by atoms with Crippen molar-refractivity contribution in [1.29, 1.82) is 0 Å². The van der Waals surface area contributed by atoms with E-state index in [2.05, 4.69) is 0 Å². The average Bonchev–Trinajstić information content (AvgIpc) is 2.64. The second-order valence-corrected chi connectivity index (χ2v) is 4.34. The van der Waals surface area contributed by atoms with Gasteiger partial charge in [-0.05, 0) is 36.0 Å². The number of hydrogen-bond acceptors (Lipinski definition) is 4. The van der Waals surface area contributed by atoms with Crippen LogP contribution in [-0.2, 0) is 24.0 Å². The predicted octanol–water partition coefficient (Wildman–Crippen LogP) is 2.27. The van der Waals surface area contributed by atoms with Crippen molar-refractivity contribution in [3.63, 3.8) is 0 Å². The lowest BCUT2D eigenvalue weighted by atomic mass is 9.87. The van der Waals surface area contributed by atoms with Crippen LogP contribution >= 0.6 is 0 Å². The first-order chi connectivity index (χ1) is 8.56. The van der Waals surface area contributed by atoms with Crippen molar-refractivity contribution in [3.8, 4) is 0 Å². The summed E-state index contributed by atoms with van der Waals surface area (Å²) in [6, 6.07) is 0. The Morgan fingerprint density at radius 2 is 1.33 bits per heavy atom. The molecule has 0 atom stereocenters. The zero-order valence-corrected chi connectivity index (χ0v) is 10.9. The van der Waals surface area contributed by atoms with E-state index in [9.17, 15) is 9.59 Å². The molecule has 1 aromatic rings. The van der Waals surface area contributed by atoms with Gasteiger partial charge in [0, 0.05) is 0 Å². The highest BCUT2D eigenvalue weighted by Gasteiger charge is 2.36. The van der Waals surface area contributed by atoms with Gasteiger partial charge < -0.3 is 10.5 Å². The topological polar surface area (TPSA) is 69.4 Å². The number of ether oxygens (including phenoxy) is 1.